The molecule has 0 saturated heterocycles. The summed E-state index contributed by atoms with van der Waals surface area (Å²) in [5.41, 5.74) is 2.62. The van der Waals surface area contributed by atoms with Crippen molar-refractivity contribution in [3.05, 3.63) is 23.8 Å². The van der Waals surface area contributed by atoms with E-state index in [9.17, 15) is 0 Å². The van der Waals surface area contributed by atoms with Gasteiger partial charge in [0.25, 0.3) is 0 Å². The van der Waals surface area contributed by atoms with Crippen LogP contribution in [0.1, 0.15) is 26.3 Å². The predicted molar refractivity (Wildman–Crippen MR) is 59.0 cm³/mol. The molecule has 0 saturated carbocycles. The van der Waals surface area contributed by atoms with E-state index >= 15 is 0 Å². The van der Waals surface area contributed by atoms with Gasteiger partial charge in [0.2, 0.25) is 0 Å². The van der Waals surface area contributed by atoms with Gasteiger partial charge in [-0.1, -0.05) is 0 Å². The average Bonchev–Trinajstić information content (AvgIpc) is 2.47. The zero-order valence-electron chi connectivity index (χ0n) is 9.05. The molecule has 0 unspecified atom stereocenters. The third-order valence-electron chi connectivity index (χ3n) is 2.21. The molecule has 1 aliphatic heterocycles. The van der Waals surface area contributed by atoms with Crippen molar-refractivity contribution in [1.29, 1.82) is 0 Å². The van der Waals surface area contributed by atoms with Crippen LogP contribution in [-0.4, -0.2) is 12.1 Å². The largest absolute Gasteiger partial charge is 0.493 e. The van der Waals surface area contributed by atoms with E-state index in [1.54, 1.807) is 0 Å². The number of fused-ring (bicyclic) bond motifs is 1. The fraction of sp³-hybridized carbons (Fsp3) is 0.500. The van der Waals surface area contributed by atoms with Crippen LogP contribution >= 0.6 is 0 Å². The van der Waals surface area contributed by atoms with Crippen molar-refractivity contribution in [3.63, 3.8) is 0 Å². The molecule has 2 heteroatoms. The van der Waals surface area contributed by atoms with E-state index < -0.39 is 0 Å². The van der Waals surface area contributed by atoms with E-state index in [1.807, 2.05) is 0 Å². The lowest BCUT2D eigenvalue weighted by atomic mass is 10.1. The Bertz CT molecular complexity index is 339. The molecular weight excluding hydrogens is 174 g/mol. The Morgan fingerprint density at radius 1 is 1.29 bits per heavy atom. The Morgan fingerprint density at radius 2 is 2.07 bits per heavy atom. The van der Waals surface area contributed by atoms with Crippen LogP contribution in [0.15, 0.2) is 18.2 Å². The summed E-state index contributed by atoms with van der Waals surface area (Å²) in [6.07, 6.45) is 1.04. The lowest BCUT2D eigenvalue weighted by Crippen LogP contribution is -2.25. The minimum absolute atomic E-state index is 0.119. The van der Waals surface area contributed by atoms with Crippen molar-refractivity contribution < 1.29 is 4.74 Å². The Labute approximate surface area is 85.3 Å². The molecule has 14 heavy (non-hydrogen) atoms. The molecular formula is C12H17NO. The Balaban J connectivity index is 2.21. The van der Waals surface area contributed by atoms with Crippen LogP contribution < -0.4 is 10.1 Å². The zero-order chi connectivity index (χ0) is 10.2. The highest BCUT2D eigenvalue weighted by atomic mass is 16.5. The van der Waals surface area contributed by atoms with Crippen molar-refractivity contribution in [2.75, 3.05) is 11.9 Å². The van der Waals surface area contributed by atoms with Gasteiger partial charge >= 0.3 is 0 Å². The molecule has 0 bridgehead atoms. The SMILES string of the molecule is CC(C)(C)Nc1ccc2c(c1)CCO2. The minimum Gasteiger partial charge on any atom is -0.493 e. The molecule has 0 aromatic heterocycles. The van der Waals surface area contributed by atoms with Crippen LogP contribution in [0, 0.1) is 0 Å². The Morgan fingerprint density at radius 3 is 2.79 bits per heavy atom. The molecule has 1 aliphatic rings. The molecule has 1 heterocycles. The van der Waals surface area contributed by atoms with Gasteiger partial charge in [0.1, 0.15) is 5.75 Å². The molecule has 1 aromatic carbocycles. The summed E-state index contributed by atoms with van der Waals surface area (Å²) in [5, 5.41) is 3.46. The van der Waals surface area contributed by atoms with Gasteiger partial charge in [-0.2, -0.15) is 0 Å². The maximum atomic E-state index is 5.46. The van der Waals surface area contributed by atoms with Crippen LogP contribution in [0.25, 0.3) is 0 Å². The van der Waals surface area contributed by atoms with Crippen LogP contribution in [0.4, 0.5) is 5.69 Å². The second kappa shape index (κ2) is 3.19. The first-order valence-corrected chi connectivity index (χ1v) is 5.08. The van der Waals surface area contributed by atoms with Gasteiger partial charge in [-0.05, 0) is 44.5 Å². The number of nitrogens with one attached hydrogen (secondary N) is 1. The lowest BCUT2D eigenvalue weighted by molar-refractivity contribution is 0.357. The number of hydrogen-bond acceptors (Lipinski definition) is 2. The van der Waals surface area contributed by atoms with Crippen LogP contribution in [0.5, 0.6) is 5.75 Å². The monoisotopic (exact) mass is 191 g/mol. The first-order chi connectivity index (χ1) is 6.54. The van der Waals surface area contributed by atoms with Crippen LogP contribution in [0.3, 0.4) is 0 Å². The summed E-state index contributed by atoms with van der Waals surface area (Å²) in [6, 6.07) is 6.32. The highest BCUT2D eigenvalue weighted by Gasteiger charge is 2.14. The van der Waals surface area contributed by atoms with Gasteiger partial charge in [0, 0.05) is 17.6 Å². The molecule has 2 nitrogen and oxygen atoms in total. The second-order valence-electron chi connectivity index (χ2n) is 4.80. The maximum absolute atomic E-state index is 5.46. The molecule has 1 N–H and O–H groups in total. The molecule has 0 amide bonds. The van der Waals surface area contributed by atoms with Crippen molar-refractivity contribution in [2.45, 2.75) is 32.7 Å². The summed E-state index contributed by atoms with van der Waals surface area (Å²) >= 11 is 0. The van der Waals surface area contributed by atoms with Gasteiger partial charge in [-0.15, -0.1) is 0 Å². The van der Waals surface area contributed by atoms with Crippen molar-refractivity contribution in [2.24, 2.45) is 0 Å². The number of hydrogen-bond donors (Lipinski definition) is 1. The van der Waals surface area contributed by atoms with E-state index in [4.69, 9.17) is 4.74 Å². The molecule has 0 fully saturated rings. The van der Waals surface area contributed by atoms with Gasteiger partial charge in [-0.25, -0.2) is 0 Å². The lowest BCUT2D eigenvalue weighted by Gasteiger charge is -2.22. The highest BCUT2D eigenvalue weighted by molar-refractivity contribution is 5.53. The number of anilines is 1. The van der Waals surface area contributed by atoms with Crippen molar-refractivity contribution in [1.82, 2.24) is 0 Å². The van der Waals surface area contributed by atoms with Gasteiger partial charge in [-0.3, -0.25) is 0 Å². The minimum atomic E-state index is 0.119. The normalized spacial score (nSPS) is 14.8. The van der Waals surface area contributed by atoms with E-state index in [0.717, 1.165) is 18.8 Å². The van der Waals surface area contributed by atoms with Gasteiger partial charge in [0.05, 0.1) is 6.61 Å². The van der Waals surface area contributed by atoms with Crippen molar-refractivity contribution >= 4 is 5.69 Å². The summed E-state index contributed by atoms with van der Waals surface area (Å²) in [7, 11) is 0. The average molecular weight is 191 g/mol. The van der Waals surface area contributed by atoms with Crippen LogP contribution in [-0.2, 0) is 6.42 Å². The quantitative estimate of drug-likeness (QED) is 0.737. The third kappa shape index (κ3) is 2.00. The molecule has 2 rings (SSSR count). The first kappa shape index (κ1) is 9.38. The fourth-order valence-corrected chi connectivity index (χ4v) is 1.70. The van der Waals surface area contributed by atoms with Crippen molar-refractivity contribution in [3.8, 4) is 5.75 Å². The highest BCUT2D eigenvalue weighted by Crippen LogP contribution is 2.28. The summed E-state index contributed by atoms with van der Waals surface area (Å²) in [6.45, 7) is 7.32. The molecule has 0 spiro atoms. The second-order valence-corrected chi connectivity index (χ2v) is 4.80. The number of rotatable bonds is 1. The summed E-state index contributed by atoms with van der Waals surface area (Å²) < 4.78 is 5.46. The topological polar surface area (TPSA) is 21.3 Å². The van der Waals surface area contributed by atoms with Crippen LogP contribution in [0.2, 0.25) is 0 Å². The maximum Gasteiger partial charge on any atom is 0.122 e. The van der Waals surface area contributed by atoms with Gasteiger partial charge in [0.15, 0.2) is 0 Å². The van der Waals surface area contributed by atoms with E-state index in [-0.39, 0.29) is 5.54 Å². The zero-order valence-corrected chi connectivity index (χ0v) is 9.05. The smallest absolute Gasteiger partial charge is 0.122 e. The summed E-state index contributed by atoms with van der Waals surface area (Å²) in [5.74, 6) is 1.05. The predicted octanol–water partition coefficient (Wildman–Crippen LogP) is 2.83. The fourth-order valence-electron chi connectivity index (χ4n) is 1.70. The Kier molecular flexibility index (Phi) is 2.14. The Hall–Kier alpha value is -1.18. The number of benzene rings is 1. The standard InChI is InChI=1S/C12H17NO/c1-12(2,3)13-10-4-5-11-9(8-10)6-7-14-11/h4-5,8,13H,6-7H2,1-3H3. The molecule has 1 aromatic rings. The van der Waals surface area contributed by atoms with E-state index in [0.29, 0.717) is 0 Å². The van der Waals surface area contributed by atoms with E-state index in [2.05, 4.69) is 44.3 Å². The first-order valence-electron chi connectivity index (χ1n) is 5.08. The number of ether oxygens (including phenoxy) is 1. The molecule has 0 aliphatic carbocycles. The molecule has 76 valence electrons. The van der Waals surface area contributed by atoms with E-state index in [1.165, 1.54) is 11.3 Å². The summed E-state index contributed by atoms with van der Waals surface area (Å²) in [4.78, 5) is 0. The molecule has 0 radical (unpaired) electrons. The molecule has 0 atom stereocenters. The van der Waals surface area contributed by atoms with Gasteiger partial charge < -0.3 is 10.1 Å². The third-order valence-corrected chi connectivity index (χ3v) is 2.21.